The summed E-state index contributed by atoms with van der Waals surface area (Å²) in [6.45, 7) is 0.588. The van der Waals surface area contributed by atoms with E-state index in [0.717, 1.165) is 55.3 Å². The Balaban J connectivity index is 1.33. The lowest BCUT2D eigenvalue weighted by Gasteiger charge is -2.28. The highest BCUT2D eigenvalue weighted by Crippen LogP contribution is 2.38. The third-order valence-corrected chi connectivity index (χ3v) is 8.58. The number of rotatable bonds is 8. The first kappa shape index (κ1) is 24.5. The van der Waals surface area contributed by atoms with Crippen molar-refractivity contribution in [3.8, 4) is 0 Å². The lowest BCUT2D eigenvalue weighted by Crippen LogP contribution is -2.40. The van der Waals surface area contributed by atoms with E-state index in [1.165, 1.54) is 22.3 Å². The first-order chi connectivity index (χ1) is 17.4. The molecule has 0 saturated heterocycles. The van der Waals surface area contributed by atoms with Gasteiger partial charge in [-0.25, -0.2) is 17.9 Å². The predicted molar refractivity (Wildman–Crippen MR) is 144 cm³/mol. The van der Waals surface area contributed by atoms with Gasteiger partial charge in [0.2, 0.25) is 10.0 Å². The average molecular weight is 504 g/mol. The number of fused-ring (bicyclic) bond motifs is 2. The summed E-state index contributed by atoms with van der Waals surface area (Å²) in [5, 5.41) is 2.94. The molecule has 1 unspecified atom stereocenters. The van der Waals surface area contributed by atoms with Crippen molar-refractivity contribution < 1.29 is 13.2 Å². The van der Waals surface area contributed by atoms with E-state index in [1.54, 1.807) is 0 Å². The fraction of sp³-hybridized carbons (Fsp3) is 0.345. The molecule has 0 bridgehead atoms. The number of carbonyl (C=O) groups is 1. The SMILES string of the molecule is CN(Cc1ccccc1)C(CS(=O)(=O)NC(=O)Nc1c2c(cc3c1CCC3)CCC2)c1ccccc1. The highest BCUT2D eigenvalue weighted by Gasteiger charge is 2.28. The molecule has 0 fully saturated rings. The zero-order chi connectivity index (χ0) is 25.1. The normalized spacial score (nSPS) is 15.4. The van der Waals surface area contributed by atoms with E-state index in [0.29, 0.717) is 6.54 Å². The second-order valence-electron chi connectivity index (χ2n) is 9.90. The molecular weight excluding hydrogens is 470 g/mol. The molecule has 2 N–H and O–H groups in total. The Hall–Kier alpha value is -3.16. The number of carbonyl (C=O) groups excluding carboxylic acids is 1. The number of aryl methyl sites for hydroxylation is 2. The maximum Gasteiger partial charge on any atom is 0.332 e. The van der Waals surface area contributed by atoms with Crippen LogP contribution in [0, 0.1) is 0 Å². The van der Waals surface area contributed by atoms with E-state index in [4.69, 9.17) is 0 Å². The quantitative estimate of drug-likeness (QED) is 0.454. The number of anilines is 1. The van der Waals surface area contributed by atoms with E-state index < -0.39 is 22.1 Å². The van der Waals surface area contributed by atoms with Crippen LogP contribution >= 0.6 is 0 Å². The third kappa shape index (κ3) is 5.47. The summed E-state index contributed by atoms with van der Waals surface area (Å²) in [6.07, 6.45) is 6.02. The van der Waals surface area contributed by atoms with Gasteiger partial charge in [0.15, 0.2) is 0 Å². The van der Waals surface area contributed by atoms with Gasteiger partial charge >= 0.3 is 6.03 Å². The van der Waals surface area contributed by atoms with E-state index in [9.17, 15) is 13.2 Å². The van der Waals surface area contributed by atoms with Crippen molar-refractivity contribution in [2.24, 2.45) is 0 Å². The summed E-state index contributed by atoms with van der Waals surface area (Å²) in [6, 6.07) is 20.7. The fourth-order valence-corrected chi connectivity index (χ4v) is 6.91. The Kier molecular flexibility index (Phi) is 7.12. The third-order valence-electron chi connectivity index (χ3n) is 7.33. The van der Waals surface area contributed by atoms with Crippen molar-refractivity contribution in [1.82, 2.24) is 9.62 Å². The first-order valence-corrected chi connectivity index (χ1v) is 14.3. The Morgan fingerprint density at radius 1 is 0.889 bits per heavy atom. The van der Waals surface area contributed by atoms with Gasteiger partial charge in [0.25, 0.3) is 0 Å². The van der Waals surface area contributed by atoms with Crippen LogP contribution in [0.2, 0.25) is 0 Å². The Labute approximate surface area is 213 Å². The number of urea groups is 1. The molecular formula is C29H33N3O3S. The number of benzene rings is 3. The van der Waals surface area contributed by atoms with Crippen LogP contribution < -0.4 is 10.0 Å². The van der Waals surface area contributed by atoms with Crippen molar-refractivity contribution in [3.63, 3.8) is 0 Å². The minimum atomic E-state index is -3.92. The molecule has 1 atom stereocenters. The lowest BCUT2D eigenvalue weighted by molar-refractivity contribution is 0.251. The van der Waals surface area contributed by atoms with Crippen LogP contribution in [0.25, 0.3) is 0 Å². The van der Waals surface area contributed by atoms with Gasteiger partial charge in [-0.3, -0.25) is 4.90 Å². The standard InChI is InChI=1S/C29H33N3O3S/c1-32(19-21-10-4-2-5-11-21)27(22-12-6-3-7-13-22)20-36(34,35)31-29(33)30-28-25-16-8-14-23(25)18-24-15-9-17-26(24)28/h2-7,10-13,18,27H,8-9,14-17,19-20H2,1H3,(H2,30,31,33). The molecule has 2 aliphatic carbocycles. The fourth-order valence-electron chi connectivity index (χ4n) is 5.63. The average Bonchev–Trinajstić information content (AvgIpc) is 3.53. The number of sulfonamides is 1. The Bertz CT molecular complexity index is 1310. The molecule has 7 heteroatoms. The number of hydrogen-bond donors (Lipinski definition) is 2. The maximum atomic E-state index is 13.2. The molecule has 6 nitrogen and oxygen atoms in total. The molecule has 0 saturated carbocycles. The summed E-state index contributed by atoms with van der Waals surface area (Å²) < 4.78 is 28.8. The first-order valence-electron chi connectivity index (χ1n) is 12.7. The highest BCUT2D eigenvalue weighted by molar-refractivity contribution is 7.90. The molecule has 36 heavy (non-hydrogen) atoms. The molecule has 0 radical (unpaired) electrons. The molecule has 188 valence electrons. The van der Waals surface area contributed by atoms with Crippen LogP contribution in [-0.2, 0) is 42.3 Å². The summed E-state index contributed by atoms with van der Waals surface area (Å²) in [7, 11) is -2.00. The van der Waals surface area contributed by atoms with Gasteiger partial charge in [-0.05, 0) is 79.0 Å². The summed E-state index contributed by atoms with van der Waals surface area (Å²) in [5.74, 6) is -0.223. The Morgan fingerprint density at radius 3 is 2.08 bits per heavy atom. The zero-order valence-electron chi connectivity index (χ0n) is 20.7. The summed E-state index contributed by atoms with van der Waals surface area (Å²) in [4.78, 5) is 15.0. The van der Waals surface area contributed by atoms with E-state index in [1.807, 2.05) is 72.6 Å². The minimum absolute atomic E-state index is 0.223. The number of hydrogen-bond acceptors (Lipinski definition) is 4. The molecule has 0 spiro atoms. The highest BCUT2D eigenvalue weighted by atomic mass is 32.2. The maximum absolute atomic E-state index is 13.2. The van der Waals surface area contributed by atoms with Crippen molar-refractivity contribution in [2.45, 2.75) is 51.1 Å². The van der Waals surface area contributed by atoms with Crippen LogP contribution in [0.4, 0.5) is 10.5 Å². The van der Waals surface area contributed by atoms with Crippen molar-refractivity contribution in [2.75, 3.05) is 18.1 Å². The number of nitrogens with one attached hydrogen (secondary N) is 2. The van der Waals surface area contributed by atoms with E-state index in [-0.39, 0.29) is 5.75 Å². The van der Waals surface area contributed by atoms with Crippen LogP contribution in [0.15, 0.2) is 66.7 Å². The topological polar surface area (TPSA) is 78.5 Å². The van der Waals surface area contributed by atoms with Crippen molar-refractivity contribution >= 4 is 21.7 Å². The second kappa shape index (κ2) is 10.4. The van der Waals surface area contributed by atoms with Crippen LogP contribution in [0.1, 0.15) is 52.3 Å². The predicted octanol–water partition coefficient (Wildman–Crippen LogP) is 4.99. The van der Waals surface area contributed by atoms with Gasteiger partial charge in [-0.2, -0.15) is 0 Å². The van der Waals surface area contributed by atoms with Gasteiger partial charge < -0.3 is 5.32 Å². The minimum Gasteiger partial charge on any atom is -0.307 e. The molecule has 2 amide bonds. The molecule has 3 aromatic carbocycles. The lowest BCUT2D eigenvalue weighted by atomic mass is 9.99. The van der Waals surface area contributed by atoms with Gasteiger partial charge in [-0.1, -0.05) is 66.7 Å². The second-order valence-corrected chi connectivity index (χ2v) is 11.7. The van der Waals surface area contributed by atoms with Crippen molar-refractivity contribution in [1.29, 1.82) is 0 Å². The summed E-state index contributed by atoms with van der Waals surface area (Å²) in [5.41, 5.74) is 7.75. The zero-order valence-corrected chi connectivity index (χ0v) is 21.5. The monoisotopic (exact) mass is 503 g/mol. The van der Waals surface area contributed by atoms with Gasteiger partial charge in [0.05, 0.1) is 11.8 Å². The number of nitrogens with zero attached hydrogens (tertiary/aromatic N) is 1. The van der Waals surface area contributed by atoms with Crippen LogP contribution in [0.3, 0.4) is 0 Å². The van der Waals surface area contributed by atoms with Crippen molar-refractivity contribution in [3.05, 3.63) is 100 Å². The van der Waals surface area contributed by atoms with Crippen LogP contribution in [0.5, 0.6) is 0 Å². The molecule has 0 heterocycles. The Morgan fingerprint density at radius 2 is 1.47 bits per heavy atom. The van der Waals surface area contributed by atoms with Gasteiger partial charge in [0, 0.05) is 12.2 Å². The van der Waals surface area contributed by atoms with Gasteiger partial charge in [0.1, 0.15) is 0 Å². The molecule has 5 rings (SSSR count). The summed E-state index contributed by atoms with van der Waals surface area (Å²) >= 11 is 0. The molecule has 0 aromatic heterocycles. The molecule has 2 aliphatic rings. The molecule has 0 aliphatic heterocycles. The van der Waals surface area contributed by atoms with E-state index >= 15 is 0 Å². The molecule has 3 aromatic rings. The van der Waals surface area contributed by atoms with E-state index in [2.05, 4.69) is 16.1 Å². The van der Waals surface area contributed by atoms with Gasteiger partial charge in [-0.15, -0.1) is 0 Å². The largest absolute Gasteiger partial charge is 0.332 e. The van der Waals surface area contributed by atoms with Crippen LogP contribution in [-0.4, -0.2) is 32.1 Å². The number of amides is 2. The smallest absolute Gasteiger partial charge is 0.307 e.